The number of benzene rings is 1. The fourth-order valence-corrected chi connectivity index (χ4v) is 3.22. The fourth-order valence-electron chi connectivity index (χ4n) is 2.59. The van der Waals surface area contributed by atoms with Crippen LogP contribution in [0.25, 0.3) is 0 Å². The molecule has 1 unspecified atom stereocenters. The molecule has 1 aromatic rings. The number of carbonyl (C=O) groups excluding carboxylic acids is 1. The quantitative estimate of drug-likeness (QED) is 0.821. The van der Waals surface area contributed by atoms with E-state index in [9.17, 15) is 13.2 Å². The highest BCUT2D eigenvalue weighted by molar-refractivity contribution is 7.83. The predicted octanol–water partition coefficient (Wildman–Crippen LogP) is 1.87. The van der Waals surface area contributed by atoms with E-state index in [2.05, 4.69) is 0 Å². The number of hydrogen-bond acceptors (Lipinski definition) is 5. The van der Waals surface area contributed by atoms with Crippen molar-refractivity contribution in [3.63, 3.8) is 0 Å². The minimum absolute atomic E-state index is 0.239. The van der Waals surface area contributed by atoms with Crippen LogP contribution in [0.4, 0.5) is 0 Å². The third-order valence-corrected chi connectivity index (χ3v) is 4.78. The largest absolute Gasteiger partial charge is 0.464 e. The van der Waals surface area contributed by atoms with Crippen molar-refractivity contribution in [3.05, 3.63) is 29.3 Å². The lowest BCUT2D eigenvalue weighted by Crippen LogP contribution is -2.35. The fraction of sp³-hybridized carbons (Fsp3) is 0.533. The highest BCUT2D eigenvalue weighted by Crippen LogP contribution is 2.43. The van der Waals surface area contributed by atoms with Gasteiger partial charge >= 0.3 is 10.3 Å². The first-order valence-electron chi connectivity index (χ1n) is 7.24. The molecule has 1 amide bonds. The zero-order valence-corrected chi connectivity index (χ0v) is 14.4. The maximum Gasteiger partial charge on any atom is 0.362 e. The number of carbonyl (C=O) groups is 1. The average Bonchev–Trinajstić information content (AvgIpc) is 2.67. The second-order valence-electron chi connectivity index (χ2n) is 5.96. The van der Waals surface area contributed by atoms with Crippen LogP contribution in [0.15, 0.2) is 18.2 Å². The summed E-state index contributed by atoms with van der Waals surface area (Å²) in [4.78, 5) is 11.4. The monoisotopic (exact) mass is 343 g/mol. The zero-order chi connectivity index (χ0) is 17.4. The highest BCUT2D eigenvalue weighted by atomic mass is 32.2. The number of nitrogens with zero attached hydrogens (tertiary/aromatic N) is 1. The molecule has 1 heterocycles. The van der Waals surface area contributed by atoms with Crippen LogP contribution in [0, 0.1) is 0 Å². The topological polar surface area (TPSA) is 93.1 Å². The molecule has 23 heavy (non-hydrogen) atoms. The summed E-state index contributed by atoms with van der Waals surface area (Å²) in [6.07, 6.45) is -0.428. The number of ether oxygens (including phenoxy) is 2. The predicted molar refractivity (Wildman–Crippen MR) is 83.3 cm³/mol. The van der Waals surface area contributed by atoms with E-state index in [1.165, 1.54) is 0 Å². The van der Waals surface area contributed by atoms with Crippen molar-refractivity contribution in [1.29, 1.82) is 0 Å². The molecule has 0 bridgehead atoms. The molecule has 1 aliphatic heterocycles. The minimum Gasteiger partial charge on any atom is -0.464 e. The van der Waals surface area contributed by atoms with Gasteiger partial charge in [0, 0.05) is 19.1 Å². The first-order chi connectivity index (χ1) is 10.6. The van der Waals surface area contributed by atoms with E-state index in [0.717, 1.165) is 12.5 Å². The number of fused-ring (bicyclic) bond motifs is 1. The molecule has 0 aliphatic carbocycles. The van der Waals surface area contributed by atoms with Gasteiger partial charge in [0.05, 0.1) is 12.0 Å². The van der Waals surface area contributed by atoms with Crippen LogP contribution < -0.4 is 4.74 Å². The normalized spacial score (nSPS) is 19.1. The molecule has 8 heteroatoms. The average molecular weight is 343 g/mol. The molecule has 7 nitrogen and oxygen atoms in total. The molecule has 2 rings (SSSR count). The second kappa shape index (κ2) is 6.10. The van der Waals surface area contributed by atoms with Gasteiger partial charge in [-0.15, -0.1) is 0 Å². The maximum absolute atomic E-state index is 11.4. The van der Waals surface area contributed by atoms with Crippen LogP contribution in [0.1, 0.15) is 38.8 Å². The molecule has 1 N–H and O–H groups in total. The molecule has 0 radical (unpaired) electrons. The lowest BCUT2D eigenvalue weighted by Gasteiger charge is -2.25. The van der Waals surface area contributed by atoms with E-state index < -0.39 is 27.9 Å². The molecule has 1 atom stereocenters. The maximum atomic E-state index is 11.4. The van der Waals surface area contributed by atoms with E-state index >= 15 is 0 Å². The van der Waals surface area contributed by atoms with Gasteiger partial charge in [0.2, 0.25) is 12.2 Å². The summed E-state index contributed by atoms with van der Waals surface area (Å²) in [6, 6.07) is 5.15. The molecule has 0 aromatic heterocycles. The van der Waals surface area contributed by atoms with Crippen molar-refractivity contribution < 1.29 is 27.2 Å². The van der Waals surface area contributed by atoms with Crippen molar-refractivity contribution in [2.75, 3.05) is 6.61 Å². The lowest BCUT2D eigenvalue weighted by atomic mass is 9.84. The molecule has 1 aliphatic rings. The molecular weight excluding hydrogens is 322 g/mol. The highest BCUT2D eigenvalue weighted by Gasteiger charge is 2.42. The second-order valence-corrected chi connectivity index (χ2v) is 7.30. The van der Waals surface area contributed by atoms with Crippen molar-refractivity contribution >= 4 is 16.2 Å². The van der Waals surface area contributed by atoms with Gasteiger partial charge in [0.15, 0.2) is 0 Å². The van der Waals surface area contributed by atoms with E-state index in [-0.39, 0.29) is 6.54 Å². The Morgan fingerprint density at radius 1 is 1.43 bits per heavy atom. The molecule has 128 valence electrons. The van der Waals surface area contributed by atoms with Gasteiger partial charge in [-0.2, -0.15) is 8.42 Å². The lowest BCUT2D eigenvalue weighted by molar-refractivity contribution is -0.124. The summed E-state index contributed by atoms with van der Waals surface area (Å²) >= 11 is 0. The van der Waals surface area contributed by atoms with Gasteiger partial charge in [-0.3, -0.25) is 9.35 Å². The van der Waals surface area contributed by atoms with Crippen LogP contribution in [0.2, 0.25) is 0 Å². The number of amides is 1. The van der Waals surface area contributed by atoms with Crippen molar-refractivity contribution in [1.82, 2.24) is 4.31 Å². The van der Waals surface area contributed by atoms with Crippen LogP contribution >= 0.6 is 0 Å². The van der Waals surface area contributed by atoms with E-state index in [0.29, 0.717) is 22.2 Å². The smallest absolute Gasteiger partial charge is 0.362 e. The Labute approximate surface area is 136 Å². The van der Waals surface area contributed by atoms with Gasteiger partial charge < -0.3 is 9.47 Å². The summed E-state index contributed by atoms with van der Waals surface area (Å²) in [6.45, 7) is 7.17. The van der Waals surface area contributed by atoms with Crippen LogP contribution in [0.5, 0.6) is 5.75 Å². The molecule has 0 fully saturated rings. The van der Waals surface area contributed by atoms with Crippen LogP contribution in [0.3, 0.4) is 0 Å². The van der Waals surface area contributed by atoms with Crippen molar-refractivity contribution in [3.8, 4) is 5.75 Å². The zero-order valence-electron chi connectivity index (χ0n) is 13.6. The Kier molecular flexibility index (Phi) is 4.70. The molecule has 1 aromatic carbocycles. The minimum atomic E-state index is -4.60. The van der Waals surface area contributed by atoms with Gasteiger partial charge in [0.25, 0.3) is 0 Å². The Hall–Kier alpha value is -1.64. The number of hydrogen-bond donors (Lipinski definition) is 1. The summed E-state index contributed by atoms with van der Waals surface area (Å²) in [5.41, 5.74) is 1.03. The Bertz CT molecular complexity index is 713. The Morgan fingerprint density at radius 3 is 2.61 bits per heavy atom. The van der Waals surface area contributed by atoms with Crippen molar-refractivity contribution in [2.45, 2.75) is 45.9 Å². The standard InChI is InChI=1S/C15H21NO6S/c1-5-21-14-15(3,4)12-8-11(6-7-13(12)22-14)9-16(10(2)17)23(18,19)20/h6-8,14H,5,9H2,1-4H3,(H,18,19,20). The van der Waals surface area contributed by atoms with Gasteiger partial charge in [-0.1, -0.05) is 6.07 Å². The van der Waals surface area contributed by atoms with Crippen LogP contribution in [-0.2, 0) is 31.8 Å². The molecular formula is C15H21NO6S. The van der Waals surface area contributed by atoms with Gasteiger partial charge in [0.1, 0.15) is 5.75 Å². The summed E-state index contributed by atoms with van der Waals surface area (Å²) in [5, 5.41) is 0. The third kappa shape index (κ3) is 3.49. The summed E-state index contributed by atoms with van der Waals surface area (Å²) < 4.78 is 43.5. The van der Waals surface area contributed by atoms with Gasteiger partial charge in [-0.25, -0.2) is 4.31 Å². The van der Waals surface area contributed by atoms with Crippen LogP contribution in [-0.4, -0.2) is 36.1 Å². The third-order valence-electron chi connectivity index (χ3n) is 3.84. The van der Waals surface area contributed by atoms with Crippen molar-refractivity contribution in [2.24, 2.45) is 0 Å². The van der Waals surface area contributed by atoms with E-state index in [1.54, 1.807) is 18.2 Å². The first-order valence-corrected chi connectivity index (χ1v) is 8.64. The Morgan fingerprint density at radius 2 is 2.09 bits per heavy atom. The molecule has 0 saturated heterocycles. The first kappa shape index (κ1) is 17.7. The SMILES string of the molecule is CCOC1Oc2ccc(CN(C(C)=O)S(=O)(=O)O)cc2C1(C)C. The summed E-state index contributed by atoms with van der Waals surface area (Å²) in [7, 11) is -4.60. The summed E-state index contributed by atoms with van der Waals surface area (Å²) in [5.74, 6) is -0.0888. The Balaban J connectivity index is 2.33. The molecule has 0 saturated carbocycles. The van der Waals surface area contributed by atoms with E-state index in [4.69, 9.17) is 14.0 Å². The van der Waals surface area contributed by atoms with Gasteiger partial charge in [-0.05, 0) is 38.5 Å². The molecule has 0 spiro atoms. The number of rotatable bonds is 5. The van der Waals surface area contributed by atoms with E-state index in [1.807, 2.05) is 20.8 Å².